The second-order valence-corrected chi connectivity index (χ2v) is 4.29. The molecule has 0 nitrogen and oxygen atoms in total. The summed E-state index contributed by atoms with van der Waals surface area (Å²) in [5.41, 5.74) is 0. The van der Waals surface area contributed by atoms with E-state index in [0.29, 0.717) is 0 Å². The van der Waals surface area contributed by atoms with Crippen LogP contribution >= 0.6 is 0 Å². The maximum absolute atomic E-state index is 5.21. The number of terminal acetylenes is 1. The minimum absolute atomic E-state index is 0.863. The average Bonchev–Trinajstić information content (AvgIpc) is 2.14. The Kier molecular flexibility index (Phi) is 7.90. The predicted octanol–water partition coefficient (Wildman–Crippen LogP) is 4.25. The van der Waals surface area contributed by atoms with E-state index in [4.69, 9.17) is 6.42 Å². The number of unbranched alkanes of at least 4 members (excludes halogenated alkanes) is 1. The van der Waals surface area contributed by atoms with Crippen LogP contribution in [0.5, 0.6) is 0 Å². The fraction of sp³-hybridized carbons (Fsp3) is 0.846. The van der Waals surface area contributed by atoms with Crippen molar-refractivity contribution in [2.45, 2.75) is 59.3 Å². The van der Waals surface area contributed by atoms with Crippen LogP contribution in [0.15, 0.2) is 0 Å². The van der Waals surface area contributed by atoms with Crippen LogP contribution in [-0.4, -0.2) is 0 Å². The van der Waals surface area contributed by atoms with E-state index in [2.05, 4.69) is 26.7 Å². The fourth-order valence-corrected chi connectivity index (χ4v) is 1.47. The topological polar surface area (TPSA) is 0 Å². The van der Waals surface area contributed by atoms with E-state index >= 15 is 0 Å². The summed E-state index contributed by atoms with van der Waals surface area (Å²) in [4.78, 5) is 0. The van der Waals surface area contributed by atoms with E-state index < -0.39 is 0 Å². The highest BCUT2D eigenvalue weighted by Crippen LogP contribution is 2.18. The third-order valence-electron chi connectivity index (χ3n) is 2.87. The number of hydrogen-bond donors (Lipinski definition) is 0. The Labute approximate surface area is 84.1 Å². The van der Waals surface area contributed by atoms with Crippen molar-refractivity contribution in [1.82, 2.24) is 0 Å². The number of hydrogen-bond acceptors (Lipinski definition) is 0. The monoisotopic (exact) mass is 180 g/mol. The van der Waals surface area contributed by atoms with Crippen LogP contribution in [0.25, 0.3) is 0 Å². The lowest BCUT2D eigenvalue weighted by Gasteiger charge is -2.13. The zero-order valence-electron chi connectivity index (χ0n) is 9.47. The zero-order valence-corrected chi connectivity index (χ0v) is 9.47. The molecule has 13 heavy (non-hydrogen) atoms. The van der Waals surface area contributed by atoms with Gasteiger partial charge in [0.15, 0.2) is 0 Å². The summed E-state index contributed by atoms with van der Waals surface area (Å²) in [5.74, 6) is 4.46. The maximum atomic E-state index is 5.21. The minimum Gasteiger partial charge on any atom is -0.120 e. The van der Waals surface area contributed by atoms with Gasteiger partial charge in [-0.25, -0.2) is 0 Å². The van der Waals surface area contributed by atoms with Crippen LogP contribution in [0.4, 0.5) is 0 Å². The second kappa shape index (κ2) is 8.17. The molecule has 0 aromatic rings. The van der Waals surface area contributed by atoms with Crippen LogP contribution in [0.2, 0.25) is 0 Å². The molecule has 2 unspecified atom stereocenters. The molecular weight excluding hydrogens is 156 g/mol. The molecule has 0 fully saturated rings. The average molecular weight is 180 g/mol. The van der Waals surface area contributed by atoms with Gasteiger partial charge in [-0.3, -0.25) is 0 Å². The Morgan fingerprint density at radius 2 is 1.69 bits per heavy atom. The first kappa shape index (κ1) is 12.6. The molecule has 0 radical (unpaired) electrons. The van der Waals surface area contributed by atoms with Crippen molar-refractivity contribution in [2.24, 2.45) is 11.8 Å². The molecule has 0 aliphatic carbocycles. The van der Waals surface area contributed by atoms with E-state index in [0.717, 1.165) is 18.3 Å². The summed E-state index contributed by atoms with van der Waals surface area (Å²) in [6, 6.07) is 0. The third-order valence-corrected chi connectivity index (χ3v) is 2.87. The summed E-state index contributed by atoms with van der Waals surface area (Å²) in [7, 11) is 0. The van der Waals surface area contributed by atoms with Gasteiger partial charge in [-0.15, -0.1) is 12.3 Å². The van der Waals surface area contributed by atoms with Gasteiger partial charge in [0.2, 0.25) is 0 Å². The molecule has 0 heterocycles. The summed E-state index contributed by atoms with van der Waals surface area (Å²) in [5, 5.41) is 0. The van der Waals surface area contributed by atoms with Crippen LogP contribution < -0.4 is 0 Å². The predicted molar refractivity (Wildman–Crippen MR) is 60.5 cm³/mol. The van der Waals surface area contributed by atoms with E-state index in [1.165, 1.54) is 32.1 Å². The smallest absolute Gasteiger partial charge is 0.00861 e. The maximum Gasteiger partial charge on any atom is 0.00861 e. The van der Waals surface area contributed by atoms with Gasteiger partial charge in [-0.2, -0.15) is 0 Å². The van der Waals surface area contributed by atoms with Gasteiger partial charge < -0.3 is 0 Å². The first-order valence-electron chi connectivity index (χ1n) is 5.64. The molecule has 0 N–H and O–H groups in total. The van der Waals surface area contributed by atoms with Gasteiger partial charge in [-0.1, -0.05) is 40.0 Å². The molecule has 2 atom stereocenters. The first-order valence-corrected chi connectivity index (χ1v) is 5.64. The molecule has 0 heteroatoms. The van der Waals surface area contributed by atoms with Crippen molar-refractivity contribution >= 4 is 0 Å². The fourth-order valence-electron chi connectivity index (χ4n) is 1.47. The van der Waals surface area contributed by atoms with Crippen LogP contribution in [0.3, 0.4) is 0 Å². The van der Waals surface area contributed by atoms with E-state index in [9.17, 15) is 0 Å². The summed E-state index contributed by atoms with van der Waals surface area (Å²) >= 11 is 0. The lowest BCUT2D eigenvalue weighted by Crippen LogP contribution is -1.99. The molecule has 76 valence electrons. The van der Waals surface area contributed by atoms with Gasteiger partial charge in [-0.05, 0) is 24.7 Å². The Morgan fingerprint density at radius 1 is 1.08 bits per heavy atom. The summed E-state index contributed by atoms with van der Waals surface area (Å²) in [6.45, 7) is 6.96. The standard InChI is InChI=1S/C13H24/c1-5-7-8-9-13(4)11-10-12(3)6-2/h1,12-13H,6-11H2,2-4H3. The highest BCUT2D eigenvalue weighted by Gasteiger charge is 2.04. The molecule has 0 rings (SSSR count). The Hall–Kier alpha value is -0.440. The van der Waals surface area contributed by atoms with Crippen molar-refractivity contribution in [3.05, 3.63) is 0 Å². The molecule has 0 spiro atoms. The molecule has 0 amide bonds. The normalized spacial score (nSPS) is 14.9. The van der Waals surface area contributed by atoms with E-state index in [1.807, 2.05) is 0 Å². The van der Waals surface area contributed by atoms with E-state index in [1.54, 1.807) is 0 Å². The van der Waals surface area contributed by atoms with Gasteiger partial charge in [0.25, 0.3) is 0 Å². The molecule has 0 aliphatic heterocycles. The Bertz CT molecular complexity index is 141. The highest BCUT2D eigenvalue weighted by molar-refractivity contribution is 4.83. The molecule has 0 bridgehead atoms. The zero-order chi connectivity index (χ0) is 10.1. The van der Waals surface area contributed by atoms with Gasteiger partial charge in [0.05, 0.1) is 0 Å². The lowest BCUT2D eigenvalue weighted by atomic mass is 9.93. The van der Waals surface area contributed by atoms with Crippen molar-refractivity contribution in [1.29, 1.82) is 0 Å². The quantitative estimate of drug-likeness (QED) is 0.406. The first-order chi connectivity index (χ1) is 6.20. The Morgan fingerprint density at radius 3 is 2.23 bits per heavy atom. The molecule has 0 aromatic carbocycles. The Balaban J connectivity index is 3.30. The van der Waals surface area contributed by atoms with Crippen molar-refractivity contribution < 1.29 is 0 Å². The summed E-state index contributed by atoms with van der Waals surface area (Å²) in [6.07, 6.45) is 12.7. The SMILES string of the molecule is C#CCCCC(C)CCC(C)CC. The molecule has 0 saturated heterocycles. The highest BCUT2D eigenvalue weighted by atomic mass is 14.1. The lowest BCUT2D eigenvalue weighted by molar-refractivity contribution is 0.401. The van der Waals surface area contributed by atoms with Crippen LogP contribution in [-0.2, 0) is 0 Å². The van der Waals surface area contributed by atoms with Crippen LogP contribution in [0.1, 0.15) is 59.3 Å². The third kappa shape index (κ3) is 7.91. The van der Waals surface area contributed by atoms with Crippen molar-refractivity contribution in [2.75, 3.05) is 0 Å². The van der Waals surface area contributed by atoms with E-state index in [-0.39, 0.29) is 0 Å². The summed E-state index contributed by atoms with van der Waals surface area (Å²) < 4.78 is 0. The second-order valence-electron chi connectivity index (χ2n) is 4.29. The molecule has 0 saturated carbocycles. The largest absolute Gasteiger partial charge is 0.120 e. The molecule has 0 aromatic heterocycles. The van der Waals surface area contributed by atoms with Gasteiger partial charge in [0, 0.05) is 6.42 Å². The van der Waals surface area contributed by atoms with Gasteiger partial charge >= 0.3 is 0 Å². The minimum atomic E-state index is 0.863. The number of rotatable bonds is 7. The van der Waals surface area contributed by atoms with Crippen molar-refractivity contribution in [3.8, 4) is 12.3 Å². The molecule has 0 aliphatic rings. The van der Waals surface area contributed by atoms with Crippen molar-refractivity contribution in [3.63, 3.8) is 0 Å². The molecular formula is C13H24. The van der Waals surface area contributed by atoms with Gasteiger partial charge in [0.1, 0.15) is 0 Å². The van der Waals surface area contributed by atoms with Crippen LogP contribution in [0, 0.1) is 24.2 Å².